The number of carbonyl (C=O) groups is 2. The summed E-state index contributed by atoms with van der Waals surface area (Å²) in [6, 6.07) is 6.24. The minimum Gasteiger partial charge on any atom is -0.358 e. The number of nitrogens with one attached hydrogen (secondary N) is 1. The molecule has 1 aromatic heterocycles. The van der Waals surface area contributed by atoms with Crippen LogP contribution >= 0.6 is 0 Å². The van der Waals surface area contributed by atoms with E-state index in [1.807, 2.05) is 6.92 Å². The molecule has 0 spiro atoms. The van der Waals surface area contributed by atoms with Gasteiger partial charge in [-0.05, 0) is 37.5 Å². The van der Waals surface area contributed by atoms with E-state index in [1.54, 1.807) is 7.05 Å². The predicted octanol–water partition coefficient (Wildman–Crippen LogP) is 2.12. The first-order valence-corrected chi connectivity index (χ1v) is 7.00. The Morgan fingerprint density at radius 1 is 1.25 bits per heavy atom. The number of likely N-dealkylation sites (tertiary alicyclic amines) is 1. The molecular weight excluding hydrogens is 252 g/mol. The molecule has 2 amide bonds. The first-order chi connectivity index (χ1) is 9.58. The number of hydrogen-bond acceptors (Lipinski definition) is 2. The highest BCUT2D eigenvalue weighted by molar-refractivity contribution is 6.09. The average Bonchev–Trinajstić information content (AvgIpc) is 2.90. The number of benzene rings is 1. The van der Waals surface area contributed by atoms with Crippen LogP contribution in [0.25, 0.3) is 10.9 Å². The molecular formula is C16H16N2O2. The fourth-order valence-corrected chi connectivity index (χ4v) is 3.73. The highest BCUT2D eigenvalue weighted by atomic mass is 16.2. The number of aryl methyl sites for hydroxylation is 2. The van der Waals surface area contributed by atoms with Crippen LogP contribution in [0.1, 0.15) is 29.2 Å². The van der Waals surface area contributed by atoms with Crippen LogP contribution in [0.2, 0.25) is 0 Å². The summed E-state index contributed by atoms with van der Waals surface area (Å²) in [7, 11) is 1.60. The molecule has 2 heterocycles. The Morgan fingerprint density at radius 2 is 2.05 bits per heavy atom. The quantitative estimate of drug-likeness (QED) is 0.744. The molecule has 1 saturated heterocycles. The van der Waals surface area contributed by atoms with E-state index in [-0.39, 0.29) is 23.7 Å². The number of H-pyrrole nitrogens is 1. The van der Waals surface area contributed by atoms with Gasteiger partial charge in [0.25, 0.3) is 0 Å². The SMILES string of the molecule is Cc1ccc2[nH]c3c(c2c1)[C@@H]1C(=O)N(C)C(=O)[C@@H]1CC3. The zero-order valence-electron chi connectivity index (χ0n) is 11.6. The molecule has 1 aliphatic carbocycles. The Morgan fingerprint density at radius 3 is 2.85 bits per heavy atom. The van der Waals surface area contributed by atoms with Crippen molar-refractivity contribution in [3.05, 3.63) is 35.0 Å². The van der Waals surface area contributed by atoms with E-state index in [1.165, 1.54) is 10.5 Å². The molecule has 1 aliphatic heterocycles. The van der Waals surface area contributed by atoms with Crippen molar-refractivity contribution in [3.8, 4) is 0 Å². The Balaban J connectivity index is 2.00. The van der Waals surface area contributed by atoms with Crippen LogP contribution in [-0.4, -0.2) is 28.7 Å². The number of carbonyl (C=O) groups excluding carboxylic acids is 2. The van der Waals surface area contributed by atoms with Gasteiger partial charge in [-0.2, -0.15) is 0 Å². The minimum atomic E-state index is -0.285. The predicted molar refractivity (Wildman–Crippen MR) is 75.4 cm³/mol. The van der Waals surface area contributed by atoms with Crippen LogP contribution in [0.5, 0.6) is 0 Å². The van der Waals surface area contributed by atoms with Crippen LogP contribution in [0.3, 0.4) is 0 Å². The lowest BCUT2D eigenvalue weighted by atomic mass is 9.78. The molecule has 0 unspecified atom stereocenters. The molecule has 2 aromatic rings. The van der Waals surface area contributed by atoms with E-state index in [4.69, 9.17) is 0 Å². The van der Waals surface area contributed by atoms with Gasteiger partial charge in [0.2, 0.25) is 11.8 Å². The highest BCUT2D eigenvalue weighted by Gasteiger charge is 2.49. The van der Waals surface area contributed by atoms with Crippen molar-refractivity contribution in [2.24, 2.45) is 5.92 Å². The topological polar surface area (TPSA) is 53.2 Å². The summed E-state index contributed by atoms with van der Waals surface area (Å²) in [4.78, 5) is 29.3. The summed E-state index contributed by atoms with van der Waals surface area (Å²) < 4.78 is 0. The number of fused-ring (bicyclic) bond motifs is 5. The van der Waals surface area contributed by atoms with Crippen molar-refractivity contribution in [2.45, 2.75) is 25.7 Å². The number of aromatic nitrogens is 1. The molecule has 0 bridgehead atoms. The van der Waals surface area contributed by atoms with Gasteiger partial charge >= 0.3 is 0 Å². The summed E-state index contributed by atoms with van der Waals surface area (Å²) >= 11 is 0. The molecule has 102 valence electrons. The molecule has 1 aromatic carbocycles. The van der Waals surface area contributed by atoms with Gasteiger partial charge < -0.3 is 4.98 Å². The normalized spacial score (nSPS) is 25.2. The summed E-state index contributed by atoms with van der Waals surface area (Å²) in [5.74, 6) is -0.526. The molecule has 4 heteroatoms. The number of amides is 2. The first kappa shape index (κ1) is 11.7. The van der Waals surface area contributed by atoms with Gasteiger partial charge in [0.05, 0.1) is 11.8 Å². The second-order valence-electron chi connectivity index (χ2n) is 5.92. The van der Waals surface area contributed by atoms with Crippen LogP contribution < -0.4 is 0 Å². The van der Waals surface area contributed by atoms with E-state index in [0.717, 1.165) is 35.0 Å². The van der Waals surface area contributed by atoms with Crippen molar-refractivity contribution in [1.82, 2.24) is 9.88 Å². The fraction of sp³-hybridized carbons (Fsp3) is 0.375. The lowest BCUT2D eigenvalue weighted by Gasteiger charge is -2.22. The molecule has 2 aliphatic rings. The molecule has 4 rings (SSSR count). The Bertz CT molecular complexity index is 759. The molecule has 0 saturated carbocycles. The summed E-state index contributed by atoms with van der Waals surface area (Å²) in [6.07, 6.45) is 1.61. The summed E-state index contributed by atoms with van der Waals surface area (Å²) in [5.41, 5.74) is 4.42. The van der Waals surface area contributed by atoms with Crippen molar-refractivity contribution in [1.29, 1.82) is 0 Å². The van der Waals surface area contributed by atoms with Gasteiger partial charge in [-0.1, -0.05) is 11.6 Å². The molecule has 0 radical (unpaired) electrons. The maximum Gasteiger partial charge on any atom is 0.237 e. The molecule has 1 fully saturated rings. The van der Waals surface area contributed by atoms with Gasteiger partial charge in [-0.25, -0.2) is 0 Å². The molecule has 20 heavy (non-hydrogen) atoms. The van der Waals surface area contributed by atoms with Gasteiger partial charge in [0, 0.05) is 23.6 Å². The third-order valence-corrected chi connectivity index (χ3v) is 4.74. The van der Waals surface area contributed by atoms with Crippen LogP contribution in [-0.2, 0) is 16.0 Å². The van der Waals surface area contributed by atoms with Gasteiger partial charge in [0.1, 0.15) is 0 Å². The molecule has 4 nitrogen and oxygen atoms in total. The first-order valence-electron chi connectivity index (χ1n) is 7.00. The Kier molecular flexibility index (Phi) is 2.18. The average molecular weight is 268 g/mol. The third-order valence-electron chi connectivity index (χ3n) is 4.74. The lowest BCUT2D eigenvalue weighted by molar-refractivity contribution is -0.137. The van der Waals surface area contributed by atoms with E-state index < -0.39 is 0 Å². The third kappa shape index (κ3) is 1.31. The zero-order valence-corrected chi connectivity index (χ0v) is 11.6. The number of hydrogen-bond donors (Lipinski definition) is 1. The molecule has 2 atom stereocenters. The molecule has 1 N–H and O–H groups in total. The summed E-state index contributed by atoms with van der Waals surface area (Å²) in [5, 5.41) is 1.10. The largest absolute Gasteiger partial charge is 0.358 e. The summed E-state index contributed by atoms with van der Waals surface area (Å²) in [6.45, 7) is 2.05. The van der Waals surface area contributed by atoms with Crippen molar-refractivity contribution < 1.29 is 9.59 Å². The van der Waals surface area contributed by atoms with E-state index in [9.17, 15) is 9.59 Å². The second kappa shape index (κ2) is 3.72. The van der Waals surface area contributed by atoms with Gasteiger partial charge in [-0.15, -0.1) is 0 Å². The van der Waals surface area contributed by atoms with Crippen molar-refractivity contribution >= 4 is 22.7 Å². The monoisotopic (exact) mass is 268 g/mol. The fourth-order valence-electron chi connectivity index (χ4n) is 3.73. The zero-order chi connectivity index (χ0) is 14.0. The minimum absolute atomic E-state index is 0.0207. The number of nitrogens with zero attached hydrogens (tertiary/aromatic N) is 1. The van der Waals surface area contributed by atoms with Crippen LogP contribution in [0, 0.1) is 12.8 Å². The smallest absolute Gasteiger partial charge is 0.237 e. The van der Waals surface area contributed by atoms with Gasteiger partial charge in [0.15, 0.2) is 0 Å². The number of likely N-dealkylation sites (N-methyl/N-ethyl adjacent to an activating group) is 1. The Hall–Kier alpha value is -2.10. The maximum absolute atomic E-state index is 12.4. The van der Waals surface area contributed by atoms with Crippen molar-refractivity contribution in [3.63, 3.8) is 0 Å². The standard InChI is InChI=1S/C16H16N2O2/c1-8-3-5-11-10(7-8)13-12(17-11)6-4-9-14(13)16(20)18(2)15(9)19/h3,5,7,9,14,17H,4,6H2,1-2H3/t9-,14-/m1/s1. The number of aromatic amines is 1. The number of imide groups is 1. The highest BCUT2D eigenvalue weighted by Crippen LogP contribution is 2.45. The van der Waals surface area contributed by atoms with E-state index in [2.05, 4.69) is 23.2 Å². The lowest BCUT2D eigenvalue weighted by Crippen LogP contribution is -2.25. The van der Waals surface area contributed by atoms with Gasteiger partial charge in [-0.3, -0.25) is 14.5 Å². The maximum atomic E-state index is 12.4. The number of rotatable bonds is 0. The van der Waals surface area contributed by atoms with E-state index in [0.29, 0.717) is 0 Å². The second-order valence-corrected chi connectivity index (χ2v) is 5.92. The Labute approximate surface area is 116 Å². The van der Waals surface area contributed by atoms with Crippen LogP contribution in [0.4, 0.5) is 0 Å². The van der Waals surface area contributed by atoms with Crippen LogP contribution in [0.15, 0.2) is 18.2 Å². The van der Waals surface area contributed by atoms with E-state index >= 15 is 0 Å². The van der Waals surface area contributed by atoms with Crippen molar-refractivity contribution in [2.75, 3.05) is 7.05 Å².